The van der Waals surface area contributed by atoms with Crippen LogP contribution >= 0.6 is 11.8 Å². The molecule has 0 amide bonds. The van der Waals surface area contributed by atoms with Crippen LogP contribution in [0.5, 0.6) is 0 Å². The predicted molar refractivity (Wildman–Crippen MR) is 132 cm³/mol. The van der Waals surface area contributed by atoms with Gasteiger partial charge < -0.3 is 19.7 Å². The zero-order chi connectivity index (χ0) is 22.2. The van der Waals surface area contributed by atoms with Crippen LogP contribution in [-0.4, -0.2) is 69.9 Å². The van der Waals surface area contributed by atoms with Crippen molar-refractivity contribution in [3.63, 3.8) is 0 Å². The molecule has 0 bridgehead atoms. The van der Waals surface area contributed by atoms with Crippen LogP contribution in [0.4, 0.5) is 5.69 Å². The Kier molecular flexibility index (Phi) is 8.63. The number of thioether (sulfide) groups is 1. The molecule has 0 aliphatic carbocycles. The van der Waals surface area contributed by atoms with Gasteiger partial charge in [-0.3, -0.25) is 0 Å². The SMILES string of the molecule is Cc1nnc(CN=C(NCCCN(C)c2ccccc2)N2CCSC(C(C)C)C2)n1C. The normalized spacial score (nSPS) is 17.3. The molecule has 1 unspecified atom stereocenters. The third-order valence-corrected chi connectivity index (χ3v) is 7.38. The number of hydrogen-bond acceptors (Lipinski definition) is 5. The van der Waals surface area contributed by atoms with Gasteiger partial charge in [-0.25, -0.2) is 4.99 Å². The Morgan fingerprint density at radius 1 is 1.29 bits per heavy atom. The Morgan fingerprint density at radius 3 is 2.74 bits per heavy atom. The molecule has 0 spiro atoms. The average Bonchev–Trinajstić information content (AvgIpc) is 3.11. The van der Waals surface area contributed by atoms with Crippen LogP contribution in [0.15, 0.2) is 35.3 Å². The first-order valence-electron chi connectivity index (χ1n) is 11.2. The van der Waals surface area contributed by atoms with Crippen LogP contribution in [-0.2, 0) is 13.6 Å². The molecule has 8 heteroatoms. The summed E-state index contributed by atoms with van der Waals surface area (Å²) < 4.78 is 2.01. The highest BCUT2D eigenvalue weighted by atomic mass is 32.2. The molecule has 1 aromatic carbocycles. The van der Waals surface area contributed by atoms with E-state index in [1.54, 1.807) is 0 Å². The Bertz CT molecular complexity index is 834. The molecule has 0 radical (unpaired) electrons. The van der Waals surface area contributed by atoms with Crippen molar-refractivity contribution in [2.75, 3.05) is 43.9 Å². The molecule has 1 saturated heterocycles. The number of aromatic nitrogens is 3. The van der Waals surface area contributed by atoms with Gasteiger partial charge in [-0.1, -0.05) is 32.0 Å². The first kappa shape index (κ1) is 23.4. The molecule has 2 aromatic rings. The molecule has 1 aromatic heterocycles. The summed E-state index contributed by atoms with van der Waals surface area (Å²) >= 11 is 2.09. The summed E-state index contributed by atoms with van der Waals surface area (Å²) in [7, 11) is 4.15. The molecule has 7 nitrogen and oxygen atoms in total. The highest BCUT2D eigenvalue weighted by molar-refractivity contribution is 8.00. The zero-order valence-corrected chi connectivity index (χ0v) is 20.4. The van der Waals surface area contributed by atoms with E-state index in [0.29, 0.717) is 17.7 Å². The van der Waals surface area contributed by atoms with Gasteiger partial charge in [-0.05, 0) is 31.4 Å². The van der Waals surface area contributed by atoms with E-state index < -0.39 is 0 Å². The number of anilines is 1. The number of hydrogen-bond donors (Lipinski definition) is 1. The molecule has 1 aliphatic rings. The lowest BCUT2D eigenvalue weighted by atomic mass is 10.1. The lowest BCUT2D eigenvalue weighted by molar-refractivity contribution is 0.379. The lowest BCUT2D eigenvalue weighted by Gasteiger charge is -2.36. The molecule has 3 rings (SSSR count). The third-order valence-electron chi connectivity index (χ3n) is 5.84. The molecule has 170 valence electrons. The molecule has 31 heavy (non-hydrogen) atoms. The maximum absolute atomic E-state index is 4.95. The van der Waals surface area contributed by atoms with Crippen molar-refractivity contribution in [1.82, 2.24) is 25.0 Å². The number of aryl methyl sites for hydroxylation is 1. The van der Waals surface area contributed by atoms with E-state index in [-0.39, 0.29) is 0 Å². The highest BCUT2D eigenvalue weighted by Gasteiger charge is 2.25. The number of guanidine groups is 1. The number of nitrogens with zero attached hydrogens (tertiary/aromatic N) is 6. The summed E-state index contributed by atoms with van der Waals surface area (Å²) in [5.41, 5.74) is 1.25. The van der Waals surface area contributed by atoms with Crippen molar-refractivity contribution in [1.29, 1.82) is 0 Å². The molecular formula is C23H37N7S. The van der Waals surface area contributed by atoms with Crippen molar-refractivity contribution in [2.24, 2.45) is 18.0 Å². The fourth-order valence-electron chi connectivity index (χ4n) is 3.60. The van der Waals surface area contributed by atoms with E-state index in [0.717, 1.165) is 56.0 Å². The molecule has 1 fully saturated rings. The van der Waals surface area contributed by atoms with Crippen molar-refractivity contribution in [3.8, 4) is 0 Å². The van der Waals surface area contributed by atoms with E-state index in [1.807, 2.05) is 18.5 Å². The van der Waals surface area contributed by atoms with E-state index >= 15 is 0 Å². The van der Waals surface area contributed by atoms with Gasteiger partial charge in [0, 0.05) is 57.0 Å². The Labute approximate surface area is 191 Å². The Balaban J connectivity index is 1.61. The van der Waals surface area contributed by atoms with E-state index in [2.05, 4.69) is 88.3 Å². The Hall–Kier alpha value is -2.22. The second-order valence-corrected chi connectivity index (χ2v) is 9.85. The predicted octanol–water partition coefficient (Wildman–Crippen LogP) is 3.17. The highest BCUT2D eigenvalue weighted by Crippen LogP contribution is 2.25. The number of nitrogens with one attached hydrogen (secondary N) is 1. The number of para-hydroxylation sites is 1. The molecule has 0 saturated carbocycles. The number of aliphatic imine (C=N–C) groups is 1. The maximum Gasteiger partial charge on any atom is 0.194 e. The Morgan fingerprint density at radius 2 is 2.06 bits per heavy atom. The van der Waals surface area contributed by atoms with Gasteiger partial charge in [0.25, 0.3) is 0 Å². The van der Waals surface area contributed by atoms with Crippen LogP contribution in [0.1, 0.15) is 31.9 Å². The van der Waals surface area contributed by atoms with Crippen LogP contribution in [0.2, 0.25) is 0 Å². The smallest absolute Gasteiger partial charge is 0.194 e. The minimum absolute atomic E-state index is 0.541. The summed E-state index contributed by atoms with van der Waals surface area (Å²) in [5, 5.41) is 12.7. The second kappa shape index (κ2) is 11.4. The van der Waals surface area contributed by atoms with Gasteiger partial charge in [0.2, 0.25) is 0 Å². The van der Waals surface area contributed by atoms with Gasteiger partial charge >= 0.3 is 0 Å². The largest absolute Gasteiger partial charge is 0.375 e. The first-order valence-corrected chi connectivity index (χ1v) is 12.3. The molecule has 1 N–H and O–H groups in total. The standard InChI is InChI=1S/C23H37N7S/c1-18(2)21-17-30(14-15-31-21)23(25-16-22-27-26-19(3)29(22)5)24-12-9-13-28(4)20-10-7-6-8-11-20/h6-8,10-11,18,21H,9,12-17H2,1-5H3,(H,24,25). The quantitative estimate of drug-likeness (QED) is 0.384. The molecular weight excluding hydrogens is 406 g/mol. The third kappa shape index (κ3) is 6.63. The molecule has 2 heterocycles. The van der Waals surface area contributed by atoms with Gasteiger partial charge in [0.05, 0.1) is 0 Å². The van der Waals surface area contributed by atoms with E-state index in [1.165, 1.54) is 5.69 Å². The van der Waals surface area contributed by atoms with E-state index in [4.69, 9.17) is 4.99 Å². The second-order valence-electron chi connectivity index (χ2n) is 8.50. The van der Waals surface area contributed by atoms with Gasteiger partial charge in [0.1, 0.15) is 12.4 Å². The van der Waals surface area contributed by atoms with Crippen molar-refractivity contribution >= 4 is 23.4 Å². The summed E-state index contributed by atoms with van der Waals surface area (Å²) in [6.45, 7) is 11.1. The van der Waals surface area contributed by atoms with Crippen LogP contribution < -0.4 is 10.2 Å². The number of benzene rings is 1. The minimum Gasteiger partial charge on any atom is -0.375 e. The summed E-state index contributed by atoms with van der Waals surface area (Å²) in [4.78, 5) is 9.67. The van der Waals surface area contributed by atoms with Crippen LogP contribution in [0, 0.1) is 12.8 Å². The van der Waals surface area contributed by atoms with Crippen molar-refractivity contribution in [3.05, 3.63) is 42.0 Å². The first-order chi connectivity index (χ1) is 15.0. The van der Waals surface area contributed by atoms with E-state index in [9.17, 15) is 0 Å². The summed E-state index contributed by atoms with van der Waals surface area (Å²) in [6.07, 6.45) is 1.05. The monoisotopic (exact) mass is 443 g/mol. The van der Waals surface area contributed by atoms with Gasteiger partial charge in [-0.15, -0.1) is 10.2 Å². The minimum atomic E-state index is 0.541. The zero-order valence-electron chi connectivity index (χ0n) is 19.6. The average molecular weight is 444 g/mol. The van der Waals surface area contributed by atoms with Crippen LogP contribution in [0.25, 0.3) is 0 Å². The fraction of sp³-hybridized carbons (Fsp3) is 0.609. The van der Waals surface area contributed by atoms with Crippen LogP contribution in [0.3, 0.4) is 0 Å². The topological polar surface area (TPSA) is 61.6 Å². The van der Waals surface area contributed by atoms with Crippen molar-refractivity contribution in [2.45, 2.75) is 39.0 Å². The summed E-state index contributed by atoms with van der Waals surface area (Å²) in [5.74, 6) is 4.61. The molecule has 1 aliphatic heterocycles. The molecule has 1 atom stereocenters. The summed E-state index contributed by atoms with van der Waals surface area (Å²) in [6, 6.07) is 10.5. The van der Waals surface area contributed by atoms with Gasteiger partial charge in [0.15, 0.2) is 11.8 Å². The maximum atomic E-state index is 4.95. The fourth-order valence-corrected chi connectivity index (χ4v) is 4.90. The van der Waals surface area contributed by atoms with Crippen molar-refractivity contribution < 1.29 is 0 Å². The lowest BCUT2D eigenvalue weighted by Crippen LogP contribution is -2.49. The van der Waals surface area contributed by atoms with Gasteiger partial charge in [-0.2, -0.15) is 11.8 Å². The number of rotatable bonds is 8.